The van der Waals surface area contributed by atoms with Crippen LogP contribution < -0.4 is 10.1 Å². The molecule has 3 heterocycles. The van der Waals surface area contributed by atoms with Crippen molar-refractivity contribution < 1.29 is 14.3 Å². The number of carbonyl (C=O) groups is 1. The SMILES string of the molecule is CCNC(=NCc1ccc(OC)nc1)N1CCN(C(=O)C2CCCO2)CC1.I. The maximum atomic E-state index is 12.5. The lowest BCUT2D eigenvalue weighted by atomic mass is 10.2. The number of guanidine groups is 1. The summed E-state index contributed by atoms with van der Waals surface area (Å²) in [6, 6.07) is 3.81. The molecule has 2 saturated heterocycles. The van der Waals surface area contributed by atoms with Crippen LogP contribution in [-0.2, 0) is 16.1 Å². The maximum Gasteiger partial charge on any atom is 0.251 e. The van der Waals surface area contributed by atoms with Gasteiger partial charge in [0.2, 0.25) is 5.88 Å². The van der Waals surface area contributed by atoms with Crippen LogP contribution in [0, 0.1) is 0 Å². The molecule has 1 aromatic rings. The zero-order valence-corrected chi connectivity index (χ0v) is 18.9. The Hall–Kier alpha value is -1.62. The highest BCUT2D eigenvalue weighted by atomic mass is 127. The van der Waals surface area contributed by atoms with Gasteiger partial charge in [0.25, 0.3) is 5.91 Å². The molecule has 9 heteroatoms. The number of hydrogen-bond donors (Lipinski definition) is 1. The Balaban J connectivity index is 0.00000280. The highest BCUT2D eigenvalue weighted by Crippen LogP contribution is 2.16. The van der Waals surface area contributed by atoms with Gasteiger partial charge in [-0.15, -0.1) is 24.0 Å². The molecule has 1 amide bonds. The Kier molecular flexibility index (Phi) is 9.23. The molecule has 0 radical (unpaired) electrons. The van der Waals surface area contributed by atoms with E-state index in [0.717, 1.165) is 44.0 Å². The largest absolute Gasteiger partial charge is 0.481 e. The normalized spacial score (nSPS) is 19.9. The lowest BCUT2D eigenvalue weighted by Gasteiger charge is -2.37. The minimum Gasteiger partial charge on any atom is -0.481 e. The van der Waals surface area contributed by atoms with Gasteiger partial charge in [-0.1, -0.05) is 6.07 Å². The molecule has 1 aromatic heterocycles. The number of pyridine rings is 1. The quantitative estimate of drug-likeness (QED) is 0.373. The van der Waals surface area contributed by atoms with Crippen LogP contribution in [0.3, 0.4) is 0 Å². The minimum absolute atomic E-state index is 0. The summed E-state index contributed by atoms with van der Waals surface area (Å²) in [4.78, 5) is 25.6. The van der Waals surface area contributed by atoms with Crippen LogP contribution in [0.4, 0.5) is 0 Å². The van der Waals surface area contributed by atoms with E-state index in [1.807, 2.05) is 17.0 Å². The molecule has 8 nitrogen and oxygen atoms in total. The molecule has 1 atom stereocenters. The number of hydrogen-bond acceptors (Lipinski definition) is 5. The number of nitrogens with zero attached hydrogens (tertiary/aromatic N) is 4. The van der Waals surface area contributed by atoms with Crippen molar-refractivity contribution in [1.29, 1.82) is 0 Å². The summed E-state index contributed by atoms with van der Waals surface area (Å²) in [7, 11) is 1.60. The van der Waals surface area contributed by atoms with E-state index in [1.165, 1.54) is 0 Å². The van der Waals surface area contributed by atoms with Crippen LogP contribution in [0.1, 0.15) is 25.3 Å². The summed E-state index contributed by atoms with van der Waals surface area (Å²) in [5, 5.41) is 3.35. The number of piperazine rings is 1. The first-order chi connectivity index (χ1) is 13.2. The molecular formula is C19H30IN5O3. The van der Waals surface area contributed by atoms with Crippen molar-refractivity contribution in [2.75, 3.05) is 46.4 Å². The van der Waals surface area contributed by atoms with Crippen molar-refractivity contribution in [3.05, 3.63) is 23.9 Å². The number of aliphatic imine (C=N–C) groups is 1. The van der Waals surface area contributed by atoms with Crippen LogP contribution in [0.25, 0.3) is 0 Å². The van der Waals surface area contributed by atoms with Gasteiger partial charge in [-0.05, 0) is 25.3 Å². The molecular weight excluding hydrogens is 473 g/mol. The molecule has 2 aliphatic heterocycles. The summed E-state index contributed by atoms with van der Waals surface area (Å²) in [5.41, 5.74) is 1.03. The molecule has 0 bridgehead atoms. The molecule has 2 aliphatic rings. The Morgan fingerprint density at radius 1 is 1.32 bits per heavy atom. The third kappa shape index (κ3) is 5.94. The number of methoxy groups -OCH3 is 1. The van der Waals surface area contributed by atoms with E-state index in [1.54, 1.807) is 13.3 Å². The summed E-state index contributed by atoms with van der Waals surface area (Å²) >= 11 is 0. The summed E-state index contributed by atoms with van der Waals surface area (Å²) in [6.07, 6.45) is 3.37. The highest BCUT2D eigenvalue weighted by Gasteiger charge is 2.30. The van der Waals surface area contributed by atoms with Crippen LogP contribution in [0.15, 0.2) is 23.3 Å². The number of rotatable bonds is 5. The summed E-state index contributed by atoms with van der Waals surface area (Å²) in [5.74, 6) is 1.61. The first-order valence-electron chi connectivity index (χ1n) is 9.64. The molecule has 3 rings (SSSR count). The van der Waals surface area contributed by atoms with Gasteiger partial charge >= 0.3 is 0 Å². The first kappa shape index (κ1) is 22.7. The van der Waals surface area contributed by atoms with E-state index in [2.05, 4.69) is 22.1 Å². The van der Waals surface area contributed by atoms with Gasteiger partial charge in [-0.3, -0.25) is 4.79 Å². The van der Waals surface area contributed by atoms with Crippen LogP contribution in [0.2, 0.25) is 0 Å². The summed E-state index contributed by atoms with van der Waals surface area (Å²) < 4.78 is 10.6. The zero-order chi connectivity index (χ0) is 19.1. The first-order valence-corrected chi connectivity index (χ1v) is 9.64. The molecule has 28 heavy (non-hydrogen) atoms. The molecule has 0 aromatic carbocycles. The maximum absolute atomic E-state index is 12.5. The van der Waals surface area contributed by atoms with E-state index in [9.17, 15) is 4.79 Å². The Morgan fingerprint density at radius 2 is 2.07 bits per heavy atom. The van der Waals surface area contributed by atoms with Crippen molar-refractivity contribution in [3.8, 4) is 5.88 Å². The fraction of sp³-hybridized carbons (Fsp3) is 0.632. The van der Waals surface area contributed by atoms with Crippen molar-refractivity contribution in [2.24, 2.45) is 4.99 Å². The minimum atomic E-state index is -0.235. The van der Waals surface area contributed by atoms with Gasteiger partial charge in [0.1, 0.15) is 6.10 Å². The average molecular weight is 503 g/mol. The Bertz CT molecular complexity index is 641. The van der Waals surface area contributed by atoms with Crippen molar-refractivity contribution >= 4 is 35.8 Å². The fourth-order valence-electron chi connectivity index (χ4n) is 3.33. The van der Waals surface area contributed by atoms with Gasteiger partial charge in [0, 0.05) is 51.6 Å². The number of nitrogens with one attached hydrogen (secondary N) is 1. The molecule has 0 saturated carbocycles. The number of aromatic nitrogens is 1. The monoisotopic (exact) mass is 503 g/mol. The predicted molar refractivity (Wildman–Crippen MR) is 118 cm³/mol. The van der Waals surface area contributed by atoms with Crippen molar-refractivity contribution in [3.63, 3.8) is 0 Å². The third-order valence-electron chi connectivity index (χ3n) is 4.85. The standard InChI is InChI=1S/C19H29N5O3.HI/c1-3-20-19(22-14-15-6-7-17(26-2)21-13-15)24-10-8-23(9-11-24)18(25)16-5-4-12-27-16;/h6-7,13,16H,3-5,8-12,14H2,1-2H3,(H,20,22);1H. The van der Waals surface area contributed by atoms with E-state index in [4.69, 9.17) is 14.5 Å². The molecule has 2 fully saturated rings. The van der Waals surface area contributed by atoms with Crippen LogP contribution in [0.5, 0.6) is 5.88 Å². The average Bonchev–Trinajstić information content (AvgIpc) is 3.26. The van der Waals surface area contributed by atoms with Crippen molar-refractivity contribution in [1.82, 2.24) is 20.1 Å². The van der Waals surface area contributed by atoms with Gasteiger partial charge in [0.05, 0.1) is 13.7 Å². The highest BCUT2D eigenvalue weighted by molar-refractivity contribution is 14.0. The zero-order valence-electron chi connectivity index (χ0n) is 16.6. The molecule has 0 aliphatic carbocycles. The molecule has 1 N–H and O–H groups in total. The lowest BCUT2D eigenvalue weighted by molar-refractivity contribution is -0.142. The Morgan fingerprint density at radius 3 is 2.64 bits per heavy atom. The number of amides is 1. The topological polar surface area (TPSA) is 79.3 Å². The second-order valence-electron chi connectivity index (χ2n) is 6.69. The van der Waals surface area contributed by atoms with Gasteiger partial charge in [-0.2, -0.15) is 0 Å². The van der Waals surface area contributed by atoms with Gasteiger partial charge in [-0.25, -0.2) is 9.98 Å². The second kappa shape index (κ2) is 11.4. The van der Waals surface area contributed by atoms with E-state index in [-0.39, 0.29) is 36.0 Å². The van der Waals surface area contributed by atoms with E-state index < -0.39 is 0 Å². The Labute approximate surface area is 183 Å². The number of halogens is 1. The number of ether oxygens (including phenoxy) is 2. The molecule has 156 valence electrons. The van der Waals surface area contributed by atoms with Gasteiger partial charge in [0.15, 0.2) is 5.96 Å². The van der Waals surface area contributed by atoms with Crippen LogP contribution >= 0.6 is 24.0 Å². The fourth-order valence-corrected chi connectivity index (χ4v) is 3.33. The second-order valence-corrected chi connectivity index (χ2v) is 6.69. The molecule has 1 unspecified atom stereocenters. The predicted octanol–water partition coefficient (Wildman–Crippen LogP) is 1.50. The third-order valence-corrected chi connectivity index (χ3v) is 4.85. The van der Waals surface area contributed by atoms with Crippen LogP contribution in [-0.4, -0.2) is 79.2 Å². The van der Waals surface area contributed by atoms with E-state index >= 15 is 0 Å². The number of carbonyl (C=O) groups excluding carboxylic acids is 1. The lowest BCUT2D eigenvalue weighted by Crippen LogP contribution is -2.55. The smallest absolute Gasteiger partial charge is 0.251 e. The van der Waals surface area contributed by atoms with E-state index in [0.29, 0.717) is 32.1 Å². The molecule has 0 spiro atoms. The van der Waals surface area contributed by atoms with Crippen molar-refractivity contribution in [2.45, 2.75) is 32.4 Å². The summed E-state index contributed by atoms with van der Waals surface area (Å²) in [6.45, 7) is 7.05. The van der Waals surface area contributed by atoms with Gasteiger partial charge < -0.3 is 24.6 Å².